The molecule has 15 heavy (non-hydrogen) atoms. The van der Waals surface area contributed by atoms with E-state index < -0.39 is 23.6 Å². The van der Waals surface area contributed by atoms with Crippen LogP contribution in [0.1, 0.15) is 24.0 Å². The summed E-state index contributed by atoms with van der Waals surface area (Å²) in [5, 5.41) is 16.2. The SMILES string of the molecule is CC(CC(=O)O)NC(=O)c1n[nH]c(=O)[nH]1. The molecule has 82 valence electrons. The standard InChI is InChI=1S/C7H10N4O4/c1-3(2-4(12)13)8-6(14)5-9-7(15)11-10-5/h3H,2H2,1H3,(H,8,14)(H,12,13)(H2,9,10,11,15). The summed E-state index contributed by atoms with van der Waals surface area (Å²) in [4.78, 5) is 34.4. The maximum atomic E-state index is 11.3. The minimum atomic E-state index is -1.02. The van der Waals surface area contributed by atoms with Crippen LogP contribution in [-0.4, -0.2) is 38.2 Å². The van der Waals surface area contributed by atoms with Crippen LogP contribution < -0.4 is 11.0 Å². The maximum Gasteiger partial charge on any atom is 0.341 e. The van der Waals surface area contributed by atoms with E-state index in [0.29, 0.717) is 0 Å². The molecule has 0 bridgehead atoms. The molecule has 0 radical (unpaired) electrons. The Morgan fingerprint density at radius 2 is 2.27 bits per heavy atom. The molecule has 0 aliphatic carbocycles. The number of nitrogens with zero attached hydrogens (tertiary/aromatic N) is 1. The Kier molecular flexibility index (Phi) is 3.21. The van der Waals surface area contributed by atoms with Crippen LogP contribution in [0.2, 0.25) is 0 Å². The molecular formula is C7H10N4O4. The van der Waals surface area contributed by atoms with Crippen molar-refractivity contribution in [3.63, 3.8) is 0 Å². The van der Waals surface area contributed by atoms with Gasteiger partial charge >= 0.3 is 11.7 Å². The summed E-state index contributed by atoms with van der Waals surface area (Å²) in [5.41, 5.74) is -0.592. The van der Waals surface area contributed by atoms with E-state index in [0.717, 1.165) is 0 Å². The third-order valence-corrected chi connectivity index (χ3v) is 1.57. The number of aromatic amines is 2. The van der Waals surface area contributed by atoms with Crippen molar-refractivity contribution in [2.45, 2.75) is 19.4 Å². The van der Waals surface area contributed by atoms with Gasteiger partial charge in [0.2, 0.25) is 5.82 Å². The fraction of sp³-hybridized carbons (Fsp3) is 0.429. The van der Waals surface area contributed by atoms with Crippen molar-refractivity contribution in [1.29, 1.82) is 0 Å². The molecule has 0 fully saturated rings. The number of hydrogen-bond acceptors (Lipinski definition) is 4. The lowest BCUT2D eigenvalue weighted by Crippen LogP contribution is -2.35. The molecule has 1 atom stereocenters. The van der Waals surface area contributed by atoms with Crippen LogP contribution in [0, 0.1) is 0 Å². The zero-order chi connectivity index (χ0) is 11.4. The van der Waals surface area contributed by atoms with E-state index in [2.05, 4.69) is 15.4 Å². The lowest BCUT2D eigenvalue weighted by Gasteiger charge is -2.09. The van der Waals surface area contributed by atoms with E-state index in [-0.39, 0.29) is 12.2 Å². The summed E-state index contributed by atoms with van der Waals surface area (Å²) in [5.74, 6) is -1.81. The molecular weight excluding hydrogens is 204 g/mol. The molecule has 1 aromatic heterocycles. The summed E-state index contributed by atoms with van der Waals surface area (Å²) in [6, 6.07) is -0.532. The molecule has 0 saturated carbocycles. The van der Waals surface area contributed by atoms with Crippen LogP contribution in [0.5, 0.6) is 0 Å². The summed E-state index contributed by atoms with van der Waals surface area (Å²) >= 11 is 0. The number of aliphatic carboxylic acids is 1. The van der Waals surface area contributed by atoms with Crippen LogP contribution in [0.3, 0.4) is 0 Å². The molecule has 1 unspecified atom stereocenters. The highest BCUT2D eigenvalue weighted by atomic mass is 16.4. The van der Waals surface area contributed by atoms with E-state index in [1.54, 1.807) is 0 Å². The van der Waals surface area contributed by atoms with Gasteiger partial charge in [0.15, 0.2) is 0 Å². The number of H-pyrrole nitrogens is 2. The van der Waals surface area contributed by atoms with Crippen molar-refractivity contribution >= 4 is 11.9 Å². The first kappa shape index (κ1) is 11.0. The van der Waals surface area contributed by atoms with Crippen molar-refractivity contribution < 1.29 is 14.7 Å². The first-order valence-electron chi connectivity index (χ1n) is 4.16. The second kappa shape index (κ2) is 4.40. The molecule has 1 rings (SSSR count). The van der Waals surface area contributed by atoms with Gasteiger partial charge < -0.3 is 10.4 Å². The Morgan fingerprint density at radius 3 is 2.73 bits per heavy atom. The van der Waals surface area contributed by atoms with Crippen molar-refractivity contribution in [1.82, 2.24) is 20.5 Å². The molecule has 1 amide bonds. The van der Waals surface area contributed by atoms with Crippen LogP contribution >= 0.6 is 0 Å². The lowest BCUT2D eigenvalue weighted by atomic mass is 10.2. The van der Waals surface area contributed by atoms with E-state index in [4.69, 9.17) is 5.11 Å². The summed E-state index contributed by atoms with van der Waals surface area (Å²) in [7, 11) is 0. The molecule has 0 saturated heterocycles. The molecule has 0 aliphatic heterocycles. The first-order chi connectivity index (χ1) is 6.99. The van der Waals surface area contributed by atoms with Gasteiger partial charge in [0.1, 0.15) is 0 Å². The predicted octanol–water partition coefficient (Wildman–Crippen LogP) is -1.31. The fourth-order valence-corrected chi connectivity index (χ4v) is 0.983. The van der Waals surface area contributed by atoms with E-state index in [9.17, 15) is 14.4 Å². The topological polar surface area (TPSA) is 128 Å². The second-order valence-electron chi connectivity index (χ2n) is 3.00. The molecule has 4 N–H and O–H groups in total. The molecule has 8 heteroatoms. The van der Waals surface area contributed by atoms with Gasteiger partial charge in [-0.1, -0.05) is 0 Å². The quantitative estimate of drug-likeness (QED) is 0.494. The molecule has 1 heterocycles. The third-order valence-electron chi connectivity index (χ3n) is 1.57. The minimum absolute atomic E-state index is 0.169. The van der Waals surface area contributed by atoms with E-state index in [1.165, 1.54) is 6.92 Å². The number of rotatable bonds is 4. The Balaban J connectivity index is 2.56. The third kappa shape index (κ3) is 3.25. The predicted molar refractivity (Wildman–Crippen MR) is 48.4 cm³/mol. The zero-order valence-electron chi connectivity index (χ0n) is 7.90. The Bertz CT molecular complexity index is 421. The van der Waals surface area contributed by atoms with Gasteiger partial charge in [0, 0.05) is 6.04 Å². The molecule has 0 spiro atoms. The smallest absolute Gasteiger partial charge is 0.341 e. The number of nitrogens with one attached hydrogen (secondary N) is 3. The Morgan fingerprint density at radius 1 is 1.60 bits per heavy atom. The molecule has 1 aromatic rings. The first-order valence-corrected chi connectivity index (χ1v) is 4.16. The monoisotopic (exact) mass is 214 g/mol. The Hall–Kier alpha value is -2.12. The second-order valence-corrected chi connectivity index (χ2v) is 3.00. The van der Waals surface area contributed by atoms with Crippen molar-refractivity contribution in [3.8, 4) is 0 Å². The normalized spacial score (nSPS) is 12.1. The number of carboxylic acids is 1. The average Bonchev–Trinajstić information content (AvgIpc) is 2.49. The number of amides is 1. The molecule has 0 aromatic carbocycles. The number of carbonyl (C=O) groups excluding carboxylic acids is 1. The van der Waals surface area contributed by atoms with Gasteiger partial charge in [-0.3, -0.25) is 14.6 Å². The van der Waals surface area contributed by atoms with Crippen LogP contribution in [0.25, 0.3) is 0 Å². The van der Waals surface area contributed by atoms with Crippen LogP contribution in [0.15, 0.2) is 4.79 Å². The van der Waals surface area contributed by atoms with Crippen molar-refractivity contribution in [2.75, 3.05) is 0 Å². The van der Waals surface area contributed by atoms with Gasteiger partial charge in [0.05, 0.1) is 6.42 Å². The maximum absolute atomic E-state index is 11.3. The zero-order valence-corrected chi connectivity index (χ0v) is 7.90. The highest BCUT2D eigenvalue weighted by molar-refractivity contribution is 5.90. The lowest BCUT2D eigenvalue weighted by molar-refractivity contribution is -0.137. The summed E-state index contributed by atoms with van der Waals surface area (Å²) in [6.07, 6.45) is -0.194. The van der Waals surface area contributed by atoms with E-state index in [1.807, 2.05) is 5.10 Å². The summed E-state index contributed by atoms with van der Waals surface area (Å²) in [6.45, 7) is 1.54. The van der Waals surface area contributed by atoms with Gasteiger partial charge in [-0.2, -0.15) is 0 Å². The number of carbonyl (C=O) groups is 2. The molecule has 8 nitrogen and oxygen atoms in total. The van der Waals surface area contributed by atoms with Crippen molar-refractivity contribution in [3.05, 3.63) is 16.3 Å². The van der Waals surface area contributed by atoms with Gasteiger partial charge in [0.25, 0.3) is 5.91 Å². The van der Waals surface area contributed by atoms with Gasteiger partial charge in [-0.25, -0.2) is 9.89 Å². The highest BCUT2D eigenvalue weighted by Gasteiger charge is 2.14. The van der Waals surface area contributed by atoms with Gasteiger partial charge in [-0.15, -0.1) is 5.10 Å². The minimum Gasteiger partial charge on any atom is -0.481 e. The fourth-order valence-electron chi connectivity index (χ4n) is 0.983. The van der Waals surface area contributed by atoms with E-state index >= 15 is 0 Å². The summed E-state index contributed by atoms with van der Waals surface area (Å²) < 4.78 is 0. The van der Waals surface area contributed by atoms with Crippen LogP contribution in [0.4, 0.5) is 0 Å². The number of aromatic nitrogens is 3. The van der Waals surface area contributed by atoms with Crippen molar-refractivity contribution in [2.24, 2.45) is 0 Å². The average molecular weight is 214 g/mol. The van der Waals surface area contributed by atoms with Crippen LogP contribution in [-0.2, 0) is 4.79 Å². The number of hydrogen-bond donors (Lipinski definition) is 4. The molecule has 0 aliphatic rings. The Labute approximate surface area is 83.7 Å². The number of carboxylic acid groups (broad SMARTS) is 1. The highest BCUT2D eigenvalue weighted by Crippen LogP contribution is 1.92. The van der Waals surface area contributed by atoms with Gasteiger partial charge in [-0.05, 0) is 6.92 Å². The largest absolute Gasteiger partial charge is 0.481 e.